The second-order valence-corrected chi connectivity index (χ2v) is 6.87. The smallest absolute Gasteiger partial charge is 0.247 e. The Balaban J connectivity index is 2.47. The average Bonchev–Trinajstić information content (AvgIpc) is 2.95. The van der Waals surface area contributed by atoms with Gasteiger partial charge >= 0.3 is 0 Å². The van der Waals surface area contributed by atoms with E-state index >= 15 is 0 Å². The normalized spacial score (nSPS) is 20.2. The third-order valence-corrected chi connectivity index (χ3v) is 5.82. The quantitative estimate of drug-likeness (QED) is 0.898. The van der Waals surface area contributed by atoms with Crippen LogP contribution in [0.1, 0.15) is 31.7 Å². The minimum Gasteiger partial charge on any atom is -0.495 e. The molecule has 1 aromatic rings. The van der Waals surface area contributed by atoms with E-state index in [0.717, 1.165) is 24.8 Å². The van der Waals surface area contributed by atoms with Crippen LogP contribution >= 0.6 is 0 Å². The molecule has 1 heterocycles. The number of benzene rings is 1. The van der Waals surface area contributed by atoms with Gasteiger partial charge in [0.05, 0.1) is 7.11 Å². The van der Waals surface area contributed by atoms with Gasteiger partial charge in [-0.15, -0.1) is 0 Å². The Hall–Kier alpha value is -1.11. The Morgan fingerprint density at radius 1 is 1.45 bits per heavy atom. The van der Waals surface area contributed by atoms with Crippen molar-refractivity contribution in [3.05, 3.63) is 23.8 Å². The topological polar surface area (TPSA) is 72.6 Å². The molecule has 0 bridgehead atoms. The minimum atomic E-state index is -3.52. The molecular weight excluding hydrogens is 276 g/mol. The van der Waals surface area contributed by atoms with Crippen molar-refractivity contribution in [1.29, 1.82) is 0 Å². The number of hydrogen-bond donors (Lipinski definition) is 1. The van der Waals surface area contributed by atoms with E-state index in [2.05, 4.69) is 0 Å². The van der Waals surface area contributed by atoms with Gasteiger partial charge in [-0.1, -0.05) is 13.0 Å². The fourth-order valence-corrected chi connectivity index (χ4v) is 4.68. The zero-order chi connectivity index (χ0) is 14.8. The van der Waals surface area contributed by atoms with E-state index in [-0.39, 0.29) is 10.9 Å². The SMILES string of the molecule is CCC1CCCN1S(=O)(=O)c1cc(CN)ccc1OC. The number of methoxy groups -OCH3 is 1. The Kier molecular flexibility index (Phi) is 4.67. The van der Waals surface area contributed by atoms with Crippen LogP contribution in [0.25, 0.3) is 0 Å². The highest BCUT2D eigenvalue weighted by atomic mass is 32.2. The maximum absolute atomic E-state index is 12.9. The van der Waals surface area contributed by atoms with Crippen LogP contribution in [0.3, 0.4) is 0 Å². The Bertz CT molecular complexity index is 572. The van der Waals surface area contributed by atoms with E-state index in [1.807, 2.05) is 6.92 Å². The molecule has 2 N–H and O–H groups in total. The number of hydrogen-bond acceptors (Lipinski definition) is 4. The van der Waals surface area contributed by atoms with Gasteiger partial charge in [0.2, 0.25) is 10.0 Å². The standard InChI is InChI=1S/C14H22N2O3S/c1-3-12-5-4-8-16(12)20(17,18)14-9-11(10-15)6-7-13(14)19-2/h6-7,9,12H,3-5,8,10,15H2,1-2H3. The lowest BCUT2D eigenvalue weighted by atomic mass is 10.2. The summed E-state index contributed by atoms with van der Waals surface area (Å²) in [6.07, 6.45) is 2.67. The van der Waals surface area contributed by atoms with Crippen molar-refractivity contribution >= 4 is 10.0 Å². The molecule has 0 spiro atoms. The van der Waals surface area contributed by atoms with Gasteiger partial charge in [-0.05, 0) is 37.0 Å². The van der Waals surface area contributed by atoms with Crippen LogP contribution in [0, 0.1) is 0 Å². The third kappa shape index (κ3) is 2.68. The van der Waals surface area contributed by atoms with E-state index in [0.29, 0.717) is 18.8 Å². The molecular formula is C14H22N2O3S. The molecule has 0 saturated carbocycles. The van der Waals surface area contributed by atoms with Gasteiger partial charge in [0.25, 0.3) is 0 Å². The zero-order valence-electron chi connectivity index (χ0n) is 12.0. The third-order valence-electron chi connectivity index (χ3n) is 3.84. The molecule has 1 fully saturated rings. The lowest BCUT2D eigenvalue weighted by Crippen LogP contribution is -2.35. The summed E-state index contributed by atoms with van der Waals surface area (Å²) < 4.78 is 32.5. The lowest BCUT2D eigenvalue weighted by molar-refractivity contribution is 0.370. The molecule has 1 saturated heterocycles. The summed E-state index contributed by atoms with van der Waals surface area (Å²) in [5, 5.41) is 0. The monoisotopic (exact) mass is 298 g/mol. The van der Waals surface area contributed by atoms with Crippen LogP contribution < -0.4 is 10.5 Å². The summed E-state index contributed by atoms with van der Waals surface area (Å²) in [4.78, 5) is 0.225. The molecule has 1 aliphatic rings. The molecule has 1 atom stereocenters. The molecule has 0 aromatic heterocycles. The van der Waals surface area contributed by atoms with Crippen LogP contribution in [0.15, 0.2) is 23.1 Å². The maximum atomic E-state index is 12.9. The number of ether oxygens (including phenoxy) is 1. The van der Waals surface area contributed by atoms with Crippen molar-refractivity contribution in [2.24, 2.45) is 5.73 Å². The largest absolute Gasteiger partial charge is 0.495 e. The average molecular weight is 298 g/mol. The Labute approximate surface area is 120 Å². The molecule has 1 aromatic carbocycles. The van der Waals surface area contributed by atoms with E-state index in [1.54, 1.807) is 22.5 Å². The zero-order valence-corrected chi connectivity index (χ0v) is 12.8. The molecule has 0 amide bonds. The van der Waals surface area contributed by atoms with E-state index < -0.39 is 10.0 Å². The maximum Gasteiger partial charge on any atom is 0.247 e. The molecule has 1 aliphatic heterocycles. The van der Waals surface area contributed by atoms with Crippen molar-refractivity contribution in [2.45, 2.75) is 43.7 Å². The molecule has 5 nitrogen and oxygen atoms in total. The van der Waals surface area contributed by atoms with Gasteiger partial charge in [0.15, 0.2) is 0 Å². The van der Waals surface area contributed by atoms with Crippen molar-refractivity contribution in [3.63, 3.8) is 0 Å². The fourth-order valence-electron chi connectivity index (χ4n) is 2.71. The molecule has 112 valence electrons. The van der Waals surface area contributed by atoms with Crippen molar-refractivity contribution in [3.8, 4) is 5.75 Å². The second kappa shape index (κ2) is 6.11. The molecule has 1 unspecified atom stereocenters. The molecule has 0 aliphatic carbocycles. The molecule has 2 rings (SSSR count). The van der Waals surface area contributed by atoms with Gasteiger partial charge < -0.3 is 10.5 Å². The Morgan fingerprint density at radius 3 is 2.80 bits per heavy atom. The first-order valence-electron chi connectivity index (χ1n) is 6.93. The molecule has 0 radical (unpaired) electrons. The Morgan fingerprint density at radius 2 is 2.20 bits per heavy atom. The van der Waals surface area contributed by atoms with Crippen LogP contribution in [-0.4, -0.2) is 32.4 Å². The fraction of sp³-hybridized carbons (Fsp3) is 0.571. The van der Waals surface area contributed by atoms with Gasteiger partial charge in [-0.25, -0.2) is 8.42 Å². The van der Waals surface area contributed by atoms with E-state index in [9.17, 15) is 8.42 Å². The minimum absolute atomic E-state index is 0.0891. The van der Waals surface area contributed by atoms with Gasteiger partial charge in [-0.2, -0.15) is 4.31 Å². The first-order chi connectivity index (χ1) is 9.54. The van der Waals surface area contributed by atoms with Crippen molar-refractivity contribution < 1.29 is 13.2 Å². The van der Waals surface area contributed by atoms with Gasteiger partial charge in [0, 0.05) is 19.1 Å². The summed E-state index contributed by atoms with van der Waals surface area (Å²) in [7, 11) is -2.04. The van der Waals surface area contributed by atoms with E-state index in [1.165, 1.54) is 7.11 Å². The lowest BCUT2D eigenvalue weighted by Gasteiger charge is -2.24. The van der Waals surface area contributed by atoms with Crippen LogP contribution in [-0.2, 0) is 16.6 Å². The highest BCUT2D eigenvalue weighted by Crippen LogP contribution is 2.33. The van der Waals surface area contributed by atoms with Crippen molar-refractivity contribution in [2.75, 3.05) is 13.7 Å². The van der Waals surface area contributed by atoms with Crippen LogP contribution in [0.5, 0.6) is 5.75 Å². The van der Waals surface area contributed by atoms with Gasteiger partial charge in [0.1, 0.15) is 10.6 Å². The highest BCUT2D eigenvalue weighted by Gasteiger charge is 2.35. The predicted molar refractivity (Wildman–Crippen MR) is 78.1 cm³/mol. The summed E-state index contributed by atoms with van der Waals surface area (Å²) in [5.41, 5.74) is 6.40. The first-order valence-corrected chi connectivity index (χ1v) is 8.37. The highest BCUT2D eigenvalue weighted by molar-refractivity contribution is 7.89. The molecule has 6 heteroatoms. The summed E-state index contributed by atoms with van der Waals surface area (Å²) >= 11 is 0. The predicted octanol–water partition coefficient (Wildman–Crippen LogP) is 1.72. The second-order valence-electron chi connectivity index (χ2n) is 5.01. The number of sulfonamides is 1. The number of nitrogens with two attached hydrogens (primary N) is 1. The summed E-state index contributed by atoms with van der Waals surface area (Å²) in [6, 6.07) is 5.18. The van der Waals surface area contributed by atoms with Gasteiger partial charge in [-0.3, -0.25) is 0 Å². The number of nitrogens with zero attached hydrogens (tertiary/aromatic N) is 1. The van der Waals surface area contributed by atoms with Crippen LogP contribution in [0.4, 0.5) is 0 Å². The molecule has 20 heavy (non-hydrogen) atoms. The summed E-state index contributed by atoms with van der Waals surface area (Å²) in [6.45, 7) is 2.91. The summed E-state index contributed by atoms with van der Waals surface area (Å²) in [5.74, 6) is 0.379. The van der Waals surface area contributed by atoms with E-state index in [4.69, 9.17) is 10.5 Å². The van der Waals surface area contributed by atoms with Crippen LogP contribution in [0.2, 0.25) is 0 Å². The first kappa shape index (κ1) is 15.3. The van der Waals surface area contributed by atoms with Crippen molar-refractivity contribution in [1.82, 2.24) is 4.31 Å². The number of rotatable bonds is 5.